The van der Waals surface area contributed by atoms with Crippen molar-refractivity contribution in [1.82, 2.24) is 34.1 Å². The van der Waals surface area contributed by atoms with Crippen molar-refractivity contribution in [3.63, 3.8) is 0 Å². The molecule has 0 aromatic carbocycles. The number of likely N-dealkylation sites (tertiary alicyclic amines) is 1. The van der Waals surface area contributed by atoms with Crippen molar-refractivity contribution < 1.29 is 4.79 Å². The van der Waals surface area contributed by atoms with Crippen LogP contribution >= 0.6 is 0 Å². The Labute approximate surface area is 154 Å². The Morgan fingerprint density at radius 2 is 2.00 bits per heavy atom. The molecule has 0 radical (unpaired) electrons. The Balaban J connectivity index is 1.65. The van der Waals surface area contributed by atoms with Crippen molar-refractivity contribution >= 4 is 5.91 Å². The first-order valence-corrected chi connectivity index (χ1v) is 9.31. The zero-order valence-electron chi connectivity index (χ0n) is 16.2. The molecule has 2 aromatic heterocycles. The average molecular weight is 359 g/mol. The lowest BCUT2D eigenvalue weighted by Gasteiger charge is -2.31. The van der Waals surface area contributed by atoms with E-state index in [0.29, 0.717) is 19.0 Å². The van der Waals surface area contributed by atoms with Gasteiger partial charge in [0.2, 0.25) is 5.91 Å². The number of piperidine rings is 1. The molecule has 0 unspecified atom stereocenters. The van der Waals surface area contributed by atoms with Crippen LogP contribution in [0, 0.1) is 6.92 Å². The van der Waals surface area contributed by atoms with Crippen LogP contribution in [0.25, 0.3) is 0 Å². The van der Waals surface area contributed by atoms with Crippen molar-refractivity contribution in [2.24, 2.45) is 0 Å². The van der Waals surface area contributed by atoms with Crippen LogP contribution in [-0.4, -0.2) is 73.8 Å². The SMILES string of the molecule is CCn1c(Cn2ccnc2C)nnc1C1CCN(CC(=O)N(C)C)CC1. The fraction of sp³-hybridized carbons (Fsp3) is 0.667. The highest BCUT2D eigenvalue weighted by atomic mass is 16.2. The predicted molar refractivity (Wildman–Crippen MR) is 98.9 cm³/mol. The van der Waals surface area contributed by atoms with E-state index in [9.17, 15) is 4.79 Å². The summed E-state index contributed by atoms with van der Waals surface area (Å²) in [4.78, 5) is 20.1. The number of amides is 1. The Morgan fingerprint density at radius 1 is 1.27 bits per heavy atom. The number of aryl methyl sites for hydroxylation is 1. The monoisotopic (exact) mass is 359 g/mol. The Kier molecular flexibility index (Phi) is 5.70. The molecule has 3 heterocycles. The van der Waals surface area contributed by atoms with Gasteiger partial charge >= 0.3 is 0 Å². The zero-order valence-corrected chi connectivity index (χ0v) is 16.2. The van der Waals surface area contributed by atoms with Gasteiger partial charge in [-0.3, -0.25) is 9.69 Å². The van der Waals surface area contributed by atoms with Gasteiger partial charge in [-0.25, -0.2) is 4.98 Å². The van der Waals surface area contributed by atoms with Crippen molar-refractivity contribution in [2.75, 3.05) is 33.7 Å². The van der Waals surface area contributed by atoms with Crippen LogP contribution in [-0.2, 0) is 17.9 Å². The first-order valence-electron chi connectivity index (χ1n) is 9.31. The minimum atomic E-state index is 0.165. The largest absolute Gasteiger partial charge is 0.348 e. The van der Waals surface area contributed by atoms with Gasteiger partial charge in [0.25, 0.3) is 0 Å². The fourth-order valence-corrected chi connectivity index (χ4v) is 3.52. The lowest BCUT2D eigenvalue weighted by Crippen LogP contribution is -2.41. The number of aromatic nitrogens is 5. The molecule has 1 aliphatic rings. The third-order valence-corrected chi connectivity index (χ3v) is 5.22. The second-order valence-corrected chi connectivity index (χ2v) is 7.16. The molecule has 2 aromatic rings. The Hall–Kier alpha value is -2.22. The molecule has 1 amide bonds. The van der Waals surface area contributed by atoms with Crippen molar-refractivity contribution in [1.29, 1.82) is 0 Å². The van der Waals surface area contributed by atoms with Gasteiger partial charge in [-0.1, -0.05) is 0 Å². The lowest BCUT2D eigenvalue weighted by atomic mass is 9.96. The van der Waals surface area contributed by atoms with E-state index in [0.717, 1.165) is 49.9 Å². The van der Waals surface area contributed by atoms with E-state index in [4.69, 9.17) is 0 Å². The molecule has 1 saturated heterocycles. The number of rotatable bonds is 6. The Bertz CT molecular complexity index is 741. The molecule has 1 aliphatic heterocycles. The van der Waals surface area contributed by atoms with Crippen LogP contribution in [0.2, 0.25) is 0 Å². The summed E-state index contributed by atoms with van der Waals surface area (Å²) in [5, 5.41) is 8.98. The quantitative estimate of drug-likeness (QED) is 0.773. The molecule has 8 nitrogen and oxygen atoms in total. The second-order valence-electron chi connectivity index (χ2n) is 7.16. The Morgan fingerprint density at radius 3 is 2.58 bits per heavy atom. The molecule has 8 heteroatoms. The highest BCUT2D eigenvalue weighted by Gasteiger charge is 2.27. The summed E-state index contributed by atoms with van der Waals surface area (Å²) < 4.78 is 4.33. The maximum absolute atomic E-state index is 11.9. The summed E-state index contributed by atoms with van der Waals surface area (Å²) in [6, 6.07) is 0. The molecule has 0 saturated carbocycles. The minimum Gasteiger partial charge on any atom is -0.348 e. The van der Waals surface area contributed by atoms with Gasteiger partial charge in [-0.2, -0.15) is 0 Å². The third-order valence-electron chi connectivity index (χ3n) is 5.22. The molecule has 142 valence electrons. The van der Waals surface area contributed by atoms with Gasteiger partial charge in [0.1, 0.15) is 11.6 Å². The van der Waals surface area contributed by atoms with E-state index in [-0.39, 0.29) is 5.91 Å². The smallest absolute Gasteiger partial charge is 0.236 e. The number of carbonyl (C=O) groups excluding carboxylic acids is 1. The number of hydrogen-bond donors (Lipinski definition) is 0. The minimum absolute atomic E-state index is 0.165. The fourth-order valence-electron chi connectivity index (χ4n) is 3.52. The summed E-state index contributed by atoms with van der Waals surface area (Å²) in [7, 11) is 3.62. The number of imidazole rings is 1. The molecule has 1 fully saturated rings. The first kappa shape index (κ1) is 18.6. The molecule has 26 heavy (non-hydrogen) atoms. The highest BCUT2D eigenvalue weighted by molar-refractivity contribution is 5.77. The van der Waals surface area contributed by atoms with Crippen molar-refractivity contribution in [2.45, 2.75) is 45.7 Å². The highest BCUT2D eigenvalue weighted by Crippen LogP contribution is 2.27. The van der Waals surface area contributed by atoms with Gasteiger partial charge in [0, 0.05) is 39.0 Å². The third kappa shape index (κ3) is 3.95. The topological polar surface area (TPSA) is 72.1 Å². The lowest BCUT2D eigenvalue weighted by molar-refractivity contribution is -0.130. The number of likely N-dealkylation sites (N-methyl/N-ethyl adjacent to an activating group) is 1. The zero-order chi connectivity index (χ0) is 18.7. The first-order chi connectivity index (χ1) is 12.5. The maximum atomic E-state index is 11.9. The van der Waals surface area contributed by atoms with Crippen LogP contribution in [0.4, 0.5) is 0 Å². The molecule has 0 aliphatic carbocycles. The molecule has 0 atom stereocenters. The maximum Gasteiger partial charge on any atom is 0.236 e. The predicted octanol–water partition coefficient (Wildman–Crippen LogP) is 1.12. The van der Waals surface area contributed by atoms with E-state index in [1.165, 1.54) is 0 Å². The average Bonchev–Trinajstić information content (AvgIpc) is 3.22. The van der Waals surface area contributed by atoms with Gasteiger partial charge < -0.3 is 14.0 Å². The van der Waals surface area contributed by atoms with Gasteiger partial charge in [-0.05, 0) is 39.8 Å². The number of nitrogens with zero attached hydrogens (tertiary/aromatic N) is 7. The normalized spacial score (nSPS) is 16.2. The van der Waals surface area contributed by atoms with E-state index >= 15 is 0 Å². The van der Waals surface area contributed by atoms with E-state index in [1.807, 2.05) is 33.4 Å². The summed E-state index contributed by atoms with van der Waals surface area (Å²) in [5.74, 6) is 3.62. The van der Waals surface area contributed by atoms with Crippen molar-refractivity contribution in [3.8, 4) is 0 Å². The number of hydrogen-bond acceptors (Lipinski definition) is 5. The van der Waals surface area contributed by atoms with Gasteiger partial charge in [0.15, 0.2) is 5.82 Å². The van der Waals surface area contributed by atoms with Crippen LogP contribution < -0.4 is 0 Å². The van der Waals surface area contributed by atoms with Gasteiger partial charge in [0.05, 0.1) is 13.1 Å². The van der Waals surface area contributed by atoms with Crippen LogP contribution in [0.3, 0.4) is 0 Å². The van der Waals surface area contributed by atoms with Crippen LogP contribution in [0.15, 0.2) is 12.4 Å². The van der Waals surface area contributed by atoms with E-state index in [2.05, 4.69) is 36.1 Å². The molecule has 0 bridgehead atoms. The summed E-state index contributed by atoms with van der Waals surface area (Å²) in [6.45, 7) is 8.06. The van der Waals surface area contributed by atoms with Crippen LogP contribution in [0.5, 0.6) is 0 Å². The van der Waals surface area contributed by atoms with Crippen molar-refractivity contribution in [3.05, 3.63) is 29.9 Å². The molecular weight excluding hydrogens is 330 g/mol. The van der Waals surface area contributed by atoms with Crippen LogP contribution in [0.1, 0.15) is 43.2 Å². The molecule has 0 N–H and O–H groups in total. The molecule has 3 rings (SSSR count). The summed E-state index contributed by atoms with van der Waals surface area (Å²) in [5.41, 5.74) is 0. The van der Waals surface area contributed by atoms with E-state index < -0.39 is 0 Å². The van der Waals surface area contributed by atoms with E-state index in [1.54, 1.807) is 4.90 Å². The number of carbonyl (C=O) groups is 1. The molecular formula is C18H29N7O. The second kappa shape index (κ2) is 7.99. The van der Waals surface area contributed by atoms with Gasteiger partial charge in [-0.15, -0.1) is 10.2 Å². The standard InChI is InChI=1S/C18H29N7O/c1-5-25-16(12-24-11-8-19-14(24)2)20-21-18(25)15-6-9-23(10-7-15)13-17(26)22(3)4/h8,11,15H,5-7,9-10,12-13H2,1-4H3. The molecule has 0 spiro atoms. The summed E-state index contributed by atoms with van der Waals surface area (Å²) in [6.07, 6.45) is 5.82. The summed E-state index contributed by atoms with van der Waals surface area (Å²) >= 11 is 0.